The number of nitrogens with zero attached hydrogens (tertiary/aromatic N) is 2. The third-order valence-electron chi connectivity index (χ3n) is 5.75. The van der Waals surface area contributed by atoms with Crippen LogP contribution < -0.4 is 0 Å². The molecule has 1 saturated heterocycles. The van der Waals surface area contributed by atoms with Gasteiger partial charge in [0.05, 0.1) is 12.0 Å². The fraction of sp³-hybridized carbons (Fsp3) is 0.938. The molecule has 3 aliphatic rings. The molecule has 0 aromatic heterocycles. The number of hydrogen-bond donors (Lipinski definition) is 0. The maximum absolute atomic E-state index is 9.35. The van der Waals surface area contributed by atoms with E-state index in [4.69, 9.17) is 0 Å². The van der Waals surface area contributed by atoms with Crippen molar-refractivity contribution in [3.63, 3.8) is 0 Å². The van der Waals surface area contributed by atoms with E-state index in [0.717, 1.165) is 6.42 Å². The summed E-state index contributed by atoms with van der Waals surface area (Å²) in [6.45, 7) is 2.57. The summed E-state index contributed by atoms with van der Waals surface area (Å²) in [4.78, 5) is 2.69. The average molecular weight is 246 g/mol. The molecule has 0 bridgehead atoms. The minimum absolute atomic E-state index is 0.317. The number of nitriles is 1. The van der Waals surface area contributed by atoms with Crippen LogP contribution in [0.1, 0.15) is 64.2 Å². The maximum atomic E-state index is 9.35. The Balaban J connectivity index is 1.65. The van der Waals surface area contributed by atoms with Gasteiger partial charge in [0.25, 0.3) is 0 Å². The normalized spacial score (nSPS) is 36.6. The van der Waals surface area contributed by atoms with Crippen LogP contribution in [0.25, 0.3) is 0 Å². The summed E-state index contributed by atoms with van der Waals surface area (Å²) in [6, 6.07) is 3.17. The molecule has 0 aromatic rings. The predicted molar refractivity (Wildman–Crippen MR) is 73.1 cm³/mol. The molecule has 0 N–H and O–H groups in total. The van der Waals surface area contributed by atoms with Crippen molar-refractivity contribution in [2.24, 2.45) is 11.3 Å². The second-order valence-corrected chi connectivity index (χ2v) is 6.87. The van der Waals surface area contributed by atoms with Gasteiger partial charge in [0, 0.05) is 12.6 Å². The van der Waals surface area contributed by atoms with Gasteiger partial charge in [-0.25, -0.2) is 0 Å². The van der Waals surface area contributed by atoms with Gasteiger partial charge in [-0.15, -0.1) is 0 Å². The Morgan fingerprint density at radius 1 is 0.944 bits per heavy atom. The Kier molecular flexibility index (Phi) is 3.61. The van der Waals surface area contributed by atoms with Gasteiger partial charge in [-0.05, 0) is 44.1 Å². The zero-order valence-electron chi connectivity index (χ0n) is 11.5. The van der Waals surface area contributed by atoms with Gasteiger partial charge in [-0.3, -0.25) is 4.90 Å². The van der Waals surface area contributed by atoms with Crippen LogP contribution in [-0.2, 0) is 0 Å². The van der Waals surface area contributed by atoms with Crippen molar-refractivity contribution in [3.8, 4) is 6.07 Å². The molecule has 2 unspecified atom stereocenters. The van der Waals surface area contributed by atoms with Crippen LogP contribution in [-0.4, -0.2) is 24.0 Å². The van der Waals surface area contributed by atoms with Gasteiger partial charge in [0.2, 0.25) is 0 Å². The van der Waals surface area contributed by atoms with Gasteiger partial charge < -0.3 is 0 Å². The molecule has 2 aliphatic carbocycles. The SMILES string of the molecule is N#CC1CCCCC1N1CCC2(CCCCC2)C1. The zero-order chi connectivity index (χ0) is 12.4. The molecular weight excluding hydrogens is 220 g/mol. The molecule has 2 saturated carbocycles. The van der Waals surface area contributed by atoms with E-state index in [0.29, 0.717) is 17.4 Å². The van der Waals surface area contributed by atoms with E-state index < -0.39 is 0 Å². The largest absolute Gasteiger partial charge is 0.299 e. The van der Waals surface area contributed by atoms with E-state index in [1.165, 1.54) is 70.9 Å². The second kappa shape index (κ2) is 5.21. The molecular formula is C16H26N2. The fourth-order valence-electron chi connectivity index (χ4n) is 4.66. The monoisotopic (exact) mass is 246 g/mol. The zero-order valence-corrected chi connectivity index (χ0v) is 11.5. The minimum atomic E-state index is 0.317. The standard InChI is InChI=1S/C16H26N2/c17-12-14-6-2-3-7-15(14)18-11-10-16(13-18)8-4-1-5-9-16/h14-15H,1-11,13H2. The highest BCUT2D eigenvalue weighted by molar-refractivity contribution is 5.00. The van der Waals surface area contributed by atoms with Crippen molar-refractivity contribution < 1.29 is 0 Å². The molecule has 1 heterocycles. The first-order valence-corrected chi connectivity index (χ1v) is 7.97. The lowest BCUT2D eigenvalue weighted by Crippen LogP contribution is -2.42. The van der Waals surface area contributed by atoms with Gasteiger partial charge in [-0.1, -0.05) is 32.1 Å². The molecule has 0 radical (unpaired) electrons. The molecule has 100 valence electrons. The molecule has 3 fully saturated rings. The Morgan fingerprint density at radius 3 is 2.50 bits per heavy atom. The Labute approximate surface area is 111 Å². The highest BCUT2D eigenvalue weighted by Crippen LogP contribution is 2.45. The summed E-state index contributed by atoms with van der Waals surface area (Å²) in [5.41, 5.74) is 0.649. The molecule has 18 heavy (non-hydrogen) atoms. The van der Waals surface area contributed by atoms with Gasteiger partial charge >= 0.3 is 0 Å². The lowest BCUT2D eigenvalue weighted by Gasteiger charge is -2.38. The Hall–Kier alpha value is -0.550. The lowest BCUT2D eigenvalue weighted by molar-refractivity contribution is 0.121. The van der Waals surface area contributed by atoms with E-state index >= 15 is 0 Å². The quantitative estimate of drug-likeness (QED) is 0.705. The van der Waals surface area contributed by atoms with Crippen LogP contribution in [0, 0.1) is 22.7 Å². The van der Waals surface area contributed by atoms with Crippen LogP contribution in [0.15, 0.2) is 0 Å². The van der Waals surface area contributed by atoms with Crippen molar-refractivity contribution >= 4 is 0 Å². The molecule has 2 heteroatoms. The van der Waals surface area contributed by atoms with Crippen molar-refractivity contribution in [1.82, 2.24) is 4.90 Å². The first-order chi connectivity index (χ1) is 8.83. The topological polar surface area (TPSA) is 27.0 Å². The Morgan fingerprint density at radius 2 is 1.72 bits per heavy atom. The van der Waals surface area contributed by atoms with Gasteiger partial charge in [0.15, 0.2) is 0 Å². The summed E-state index contributed by atoms with van der Waals surface area (Å²) in [5.74, 6) is 0.317. The molecule has 0 amide bonds. The summed E-state index contributed by atoms with van der Waals surface area (Å²) in [7, 11) is 0. The highest BCUT2D eigenvalue weighted by atomic mass is 15.2. The van der Waals surface area contributed by atoms with Crippen LogP contribution in [0.5, 0.6) is 0 Å². The number of hydrogen-bond acceptors (Lipinski definition) is 2. The maximum Gasteiger partial charge on any atom is 0.0672 e. The first kappa shape index (κ1) is 12.5. The van der Waals surface area contributed by atoms with E-state index in [1.807, 2.05) is 0 Å². The van der Waals surface area contributed by atoms with Gasteiger partial charge in [-0.2, -0.15) is 5.26 Å². The molecule has 3 rings (SSSR count). The lowest BCUT2D eigenvalue weighted by atomic mass is 9.73. The van der Waals surface area contributed by atoms with Crippen LogP contribution in [0.3, 0.4) is 0 Å². The van der Waals surface area contributed by atoms with E-state index in [9.17, 15) is 5.26 Å². The summed E-state index contributed by atoms with van der Waals surface area (Å²) < 4.78 is 0. The first-order valence-electron chi connectivity index (χ1n) is 7.97. The van der Waals surface area contributed by atoms with Crippen molar-refractivity contribution in [2.75, 3.05) is 13.1 Å². The summed E-state index contributed by atoms with van der Waals surface area (Å²) in [6.07, 6.45) is 13.7. The third kappa shape index (κ3) is 2.30. The summed E-state index contributed by atoms with van der Waals surface area (Å²) in [5, 5.41) is 9.35. The highest BCUT2D eigenvalue weighted by Gasteiger charge is 2.42. The van der Waals surface area contributed by atoms with Crippen LogP contribution in [0.4, 0.5) is 0 Å². The Bertz CT molecular complexity index is 324. The van der Waals surface area contributed by atoms with Gasteiger partial charge in [0.1, 0.15) is 0 Å². The average Bonchev–Trinajstić information content (AvgIpc) is 2.83. The fourth-order valence-corrected chi connectivity index (χ4v) is 4.66. The van der Waals surface area contributed by atoms with Crippen LogP contribution in [0.2, 0.25) is 0 Å². The molecule has 0 aromatic carbocycles. The molecule has 1 aliphatic heterocycles. The van der Waals surface area contributed by atoms with E-state index in [1.54, 1.807) is 0 Å². The predicted octanol–water partition coefficient (Wildman–Crippen LogP) is 3.72. The molecule has 1 spiro atoms. The number of likely N-dealkylation sites (tertiary alicyclic amines) is 1. The van der Waals surface area contributed by atoms with Crippen molar-refractivity contribution in [2.45, 2.75) is 70.3 Å². The van der Waals surface area contributed by atoms with E-state index in [-0.39, 0.29) is 0 Å². The smallest absolute Gasteiger partial charge is 0.0672 e. The van der Waals surface area contributed by atoms with E-state index in [2.05, 4.69) is 11.0 Å². The molecule has 2 nitrogen and oxygen atoms in total. The van der Waals surface area contributed by atoms with Crippen molar-refractivity contribution in [1.29, 1.82) is 5.26 Å². The third-order valence-corrected chi connectivity index (χ3v) is 5.75. The number of rotatable bonds is 1. The second-order valence-electron chi connectivity index (χ2n) is 6.87. The van der Waals surface area contributed by atoms with Crippen molar-refractivity contribution in [3.05, 3.63) is 0 Å². The minimum Gasteiger partial charge on any atom is -0.299 e. The molecule has 2 atom stereocenters. The summed E-state index contributed by atoms with van der Waals surface area (Å²) >= 11 is 0. The van der Waals surface area contributed by atoms with Crippen LogP contribution >= 0.6 is 0 Å².